The van der Waals surface area contributed by atoms with Crippen molar-refractivity contribution in [1.82, 2.24) is 29.6 Å². The van der Waals surface area contributed by atoms with E-state index in [-0.39, 0.29) is 5.91 Å². The van der Waals surface area contributed by atoms with Crippen LogP contribution in [-0.2, 0) is 7.05 Å². The predicted molar refractivity (Wildman–Crippen MR) is 118 cm³/mol. The van der Waals surface area contributed by atoms with Gasteiger partial charge in [0.1, 0.15) is 9.88 Å². The maximum Gasteiger partial charge on any atom is 0.265 e. The van der Waals surface area contributed by atoms with Crippen LogP contribution in [-0.4, -0.2) is 61.7 Å². The standard InChI is InChI=1S/C21H23N7OS/c1-14-18(30-19(23-14)15-12-22-26(2)13-15)20(29)27-8-5-9-28(11-10-27)21-24-16-6-3-4-7-17(16)25-21/h3-4,6-7,12-13H,5,8-11H2,1-2H3,(H,24,25). The fourth-order valence-electron chi connectivity index (χ4n) is 3.82. The Hall–Kier alpha value is -3.20. The number of hydrogen-bond acceptors (Lipinski definition) is 6. The van der Waals surface area contributed by atoms with E-state index in [0.29, 0.717) is 11.4 Å². The summed E-state index contributed by atoms with van der Waals surface area (Å²) in [5, 5.41) is 5.04. The van der Waals surface area contributed by atoms with Gasteiger partial charge in [-0.05, 0) is 25.5 Å². The lowest BCUT2D eigenvalue weighted by Gasteiger charge is -2.21. The van der Waals surface area contributed by atoms with Crippen LogP contribution in [0, 0.1) is 6.92 Å². The number of rotatable bonds is 3. The highest BCUT2D eigenvalue weighted by Crippen LogP contribution is 2.29. The number of carbonyl (C=O) groups excluding carboxylic acids is 1. The second-order valence-electron chi connectivity index (χ2n) is 7.55. The molecule has 4 heterocycles. The van der Waals surface area contributed by atoms with E-state index >= 15 is 0 Å². The highest BCUT2D eigenvalue weighted by Gasteiger charge is 2.25. The molecule has 0 atom stereocenters. The van der Waals surface area contributed by atoms with Crippen molar-refractivity contribution < 1.29 is 4.79 Å². The summed E-state index contributed by atoms with van der Waals surface area (Å²) in [4.78, 5) is 30.8. The Kier molecular flexibility index (Phi) is 4.74. The molecule has 1 fully saturated rings. The Balaban J connectivity index is 1.32. The van der Waals surface area contributed by atoms with Crippen LogP contribution in [0.25, 0.3) is 21.6 Å². The SMILES string of the molecule is Cc1nc(-c2cnn(C)c2)sc1C(=O)N1CCCN(c2nc3ccccc3[nH]2)CC1. The number of aryl methyl sites for hydroxylation is 2. The molecule has 154 valence electrons. The zero-order valence-electron chi connectivity index (χ0n) is 17.0. The van der Waals surface area contributed by atoms with E-state index in [0.717, 1.165) is 59.3 Å². The molecule has 1 amide bonds. The molecule has 1 aliphatic heterocycles. The van der Waals surface area contributed by atoms with Crippen molar-refractivity contribution in [2.24, 2.45) is 7.05 Å². The lowest BCUT2D eigenvalue weighted by atomic mass is 10.3. The van der Waals surface area contributed by atoms with Gasteiger partial charge in [-0.1, -0.05) is 12.1 Å². The normalized spacial score (nSPS) is 15.0. The number of fused-ring (bicyclic) bond motifs is 1. The second kappa shape index (κ2) is 7.56. The Morgan fingerprint density at radius 2 is 2.00 bits per heavy atom. The first-order valence-electron chi connectivity index (χ1n) is 10.0. The van der Waals surface area contributed by atoms with Gasteiger partial charge in [-0.2, -0.15) is 5.10 Å². The fourth-order valence-corrected chi connectivity index (χ4v) is 4.82. The van der Waals surface area contributed by atoms with Gasteiger partial charge in [-0.15, -0.1) is 11.3 Å². The molecule has 0 spiro atoms. The quantitative estimate of drug-likeness (QED) is 0.550. The van der Waals surface area contributed by atoms with Gasteiger partial charge in [0, 0.05) is 45.0 Å². The monoisotopic (exact) mass is 421 g/mol. The van der Waals surface area contributed by atoms with Crippen LogP contribution in [0.15, 0.2) is 36.7 Å². The molecule has 4 aromatic rings. The maximum atomic E-state index is 13.2. The summed E-state index contributed by atoms with van der Waals surface area (Å²) in [6.45, 7) is 4.91. The number of anilines is 1. The third-order valence-electron chi connectivity index (χ3n) is 5.40. The van der Waals surface area contributed by atoms with Crippen molar-refractivity contribution in [2.75, 3.05) is 31.1 Å². The summed E-state index contributed by atoms with van der Waals surface area (Å²) >= 11 is 1.45. The number of amides is 1. The van der Waals surface area contributed by atoms with Gasteiger partial charge in [0.2, 0.25) is 5.95 Å². The number of aromatic nitrogens is 5. The Bertz CT molecular complexity index is 1170. The first-order valence-corrected chi connectivity index (χ1v) is 10.9. The van der Waals surface area contributed by atoms with Gasteiger partial charge in [0.25, 0.3) is 5.91 Å². The lowest BCUT2D eigenvalue weighted by molar-refractivity contribution is 0.0771. The van der Waals surface area contributed by atoms with E-state index < -0.39 is 0 Å². The van der Waals surface area contributed by atoms with Gasteiger partial charge in [-0.3, -0.25) is 9.48 Å². The highest BCUT2D eigenvalue weighted by molar-refractivity contribution is 7.17. The second-order valence-corrected chi connectivity index (χ2v) is 8.55. The number of carbonyl (C=O) groups is 1. The predicted octanol–water partition coefficient (Wildman–Crippen LogP) is 3.08. The van der Waals surface area contributed by atoms with Crippen molar-refractivity contribution in [3.8, 4) is 10.6 Å². The molecule has 8 nitrogen and oxygen atoms in total. The summed E-state index contributed by atoms with van der Waals surface area (Å²) in [5.74, 6) is 0.935. The van der Waals surface area contributed by atoms with Gasteiger partial charge < -0.3 is 14.8 Å². The van der Waals surface area contributed by atoms with Crippen LogP contribution in [0.1, 0.15) is 21.8 Å². The largest absolute Gasteiger partial charge is 0.341 e. The van der Waals surface area contributed by atoms with Crippen molar-refractivity contribution in [3.05, 3.63) is 47.2 Å². The topological polar surface area (TPSA) is 82.9 Å². The van der Waals surface area contributed by atoms with Crippen LogP contribution in [0.2, 0.25) is 0 Å². The van der Waals surface area contributed by atoms with Crippen LogP contribution >= 0.6 is 11.3 Å². The van der Waals surface area contributed by atoms with E-state index in [1.165, 1.54) is 11.3 Å². The van der Waals surface area contributed by atoms with Gasteiger partial charge in [0.15, 0.2) is 0 Å². The van der Waals surface area contributed by atoms with Crippen molar-refractivity contribution in [3.63, 3.8) is 0 Å². The first-order chi connectivity index (χ1) is 14.6. The number of nitrogens with one attached hydrogen (secondary N) is 1. The summed E-state index contributed by atoms with van der Waals surface area (Å²) in [6, 6.07) is 8.04. The molecule has 9 heteroatoms. The van der Waals surface area contributed by atoms with Crippen molar-refractivity contribution in [2.45, 2.75) is 13.3 Å². The van der Waals surface area contributed by atoms with Crippen molar-refractivity contribution >= 4 is 34.2 Å². The van der Waals surface area contributed by atoms with Crippen LogP contribution in [0.4, 0.5) is 5.95 Å². The Labute approximate surface area is 178 Å². The molecule has 1 saturated heterocycles. The average Bonchev–Trinajstić information content (AvgIpc) is 3.41. The number of benzene rings is 1. The average molecular weight is 422 g/mol. The molecule has 0 radical (unpaired) electrons. The number of nitrogens with zero attached hydrogens (tertiary/aromatic N) is 6. The number of imidazole rings is 1. The molecule has 30 heavy (non-hydrogen) atoms. The maximum absolute atomic E-state index is 13.2. The molecule has 0 unspecified atom stereocenters. The molecular formula is C21H23N7OS. The molecule has 0 saturated carbocycles. The lowest BCUT2D eigenvalue weighted by Crippen LogP contribution is -2.35. The van der Waals surface area contributed by atoms with Crippen LogP contribution in [0.5, 0.6) is 0 Å². The smallest absolute Gasteiger partial charge is 0.265 e. The van der Waals surface area contributed by atoms with Crippen molar-refractivity contribution in [1.29, 1.82) is 0 Å². The molecule has 1 aliphatic rings. The molecular weight excluding hydrogens is 398 g/mol. The molecule has 3 aromatic heterocycles. The van der Waals surface area contributed by atoms with Crippen LogP contribution < -0.4 is 4.90 Å². The summed E-state index contributed by atoms with van der Waals surface area (Å²) < 4.78 is 1.75. The molecule has 1 N–H and O–H groups in total. The van der Waals surface area contributed by atoms with Gasteiger partial charge in [0.05, 0.1) is 22.9 Å². The number of para-hydroxylation sites is 2. The number of thiazole rings is 1. The molecule has 5 rings (SSSR count). The van der Waals surface area contributed by atoms with E-state index in [2.05, 4.69) is 20.0 Å². The first kappa shape index (κ1) is 18.8. The number of hydrogen-bond donors (Lipinski definition) is 1. The van der Waals surface area contributed by atoms with E-state index in [1.54, 1.807) is 10.9 Å². The highest BCUT2D eigenvalue weighted by atomic mass is 32.1. The van der Waals surface area contributed by atoms with E-state index in [4.69, 9.17) is 4.98 Å². The molecule has 0 bridgehead atoms. The number of H-pyrrole nitrogens is 1. The minimum Gasteiger partial charge on any atom is -0.341 e. The minimum absolute atomic E-state index is 0.0617. The van der Waals surface area contributed by atoms with Gasteiger partial charge >= 0.3 is 0 Å². The number of aromatic amines is 1. The minimum atomic E-state index is 0.0617. The summed E-state index contributed by atoms with van der Waals surface area (Å²) in [7, 11) is 1.88. The molecule has 0 aliphatic carbocycles. The van der Waals surface area contributed by atoms with Gasteiger partial charge in [-0.25, -0.2) is 9.97 Å². The van der Waals surface area contributed by atoms with E-state index in [1.807, 2.05) is 49.3 Å². The zero-order valence-corrected chi connectivity index (χ0v) is 17.8. The molecule has 1 aromatic carbocycles. The third-order valence-corrected chi connectivity index (χ3v) is 6.60. The summed E-state index contributed by atoms with van der Waals surface area (Å²) in [5.41, 5.74) is 3.72. The van der Waals surface area contributed by atoms with Crippen LogP contribution in [0.3, 0.4) is 0 Å². The third kappa shape index (κ3) is 3.45. The summed E-state index contributed by atoms with van der Waals surface area (Å²) in [6.07, 6.45) is 4.60. The zero-order chi connectivity index (χ0) is 20.7. The Morgan fingerprint density at radius 3 is 2.80 bits per heavy atom. The fraction of sp³-hybridized carbons (Fsp3) is 0.333. The Morgan fingerprint density at radius 1 is 1.13 bits per heavy atom. The van der Waals surface area contributed by atoms with E-state index in [9.17, 15) is 4.79 Å².